The summed E-state index contributed by atoms with van der Waals surface area (Å²) in [6.45, 7) is 4.99. The topological polar surface area (TPSA) is 118 Å². The molecular formula is C13H17N7O2. The Kier molecular flexibility index (Phi) is 3.95. The number of fused-ring (bicyclic) bond motifs is 1. The van der Waals surface area contributed by atoms with E-state index in [1.165, 1.54) is 10.9 Å². The van der Waals surface area contributed by atoms with Crippen LogP contribution in [0.3, 0.4) is 0 Å². The molecule has 22 heavy (non-hydrogen) atoms. The smallest absolute Gasteiger partial charge is 0.281 e. The molecule has 0 aliphatic carbocycles. The van der Waals surface area contributed by atoms with E-state index in [1.54, 1.807) is 14.0 Å². The summed E-state index contributed by atoms with van der Waals surface area (Å²) in [7, 11) is 1.65. The van der Waals surface area contributed by atoms with Crippen molar-refractivity contribution in [2.45, 2.75) is 32.9 Å². The van der Waals surface area contributed by atoms with Crippen LogP contribution in [-0.2, 0) is 18.4 Å². The molecule has 1 unspecified atom stereocenters. The van der Waals surface area contributed by atoms with E-state index in [0.29, 0.717) is 5.65 Å². The Bertz CT molecular complexity index is 814. The van der Waals surface area contributed by atoms with Gasteiger partial charge in [-0.15, -0.1) is 5.10 Å². The standard InChI is InChI=1S/C13H17N7O2/c1-8(2)13(3,7-14)16-10(21)6-20-12(22)9-5-15-19(4)11(9)17-18-20/h5,8H,6H2,1-4H3,(H,16,21). The number of amides is 1. The van der Waals surface area contributed by atoms with Crippen LogP contribution in [0.15, 0.2) is 11.0 Å². The Morgan fingerprint density at radius 1 is 1.55 bits per heavy atom. The van der Waals surface area contributed by atoms with Crippen LogP contribution in [0.25, 0.3) is 11.0 Å². The summed E-state index contributed by atoms with van der Waals surface area (Å²) in [4.78, 5) is 24.3. The van der Waals surface area contributed by atoms with Gasteiger partial charge in [0.2, 0.25) is 5.91 Å². The highest BCUT2D eigenvalue weighted by atomic mass is 16.2. The van der Waals surface area contributed by atoms with Crippen LogP contribution in [0.1, 0.15) is 20.8 Å². The minimum absolute atomic E-state index is 0.0786. The average molecular weight is 303 g/mol. The number of carbonyl (C=O) groups excluding carboxylic acids is 1. The van der Waals surface area contributed by atoms with Crippen LogP contribution in [-0.4, -0.2) is 36.2 Å². The van der Waals surface area contributed by atoms with Crippen molar-refractivity contribution in [3.8, 4) is 6.07 Å². The Balaban J connectivity index is 2.25. The Labute approximate surface area is 126 Å². The van der Waals surface area contributed by atoms with Gasteiger partial charge in [0.05, 0.1) is 12.3 Å². The fourth-order valence-corrected chi connectivity index (χ4v) is 1.85. The predicted molar refractivity (Wildman–Crippen MR) is 77.6 cm³/mol. The first-order valence-electron chi connectivity index (χ1n) is 6.76. The molecule has 0 saturated heterocycles. The third-order valence-corrected chi connectivity index (χ3v) is 3.70. The van der Waals surface area contributed by atoms with Crippen molar-refractivity contribution < 1.29 is 4.79 Å². The molecule has 0 spiro atoms. The lowest BCUT2D eigenvalue weighted by molar-refractivity contribution is -0.123. The van der Waals surface area contributed by atoms with Crippen LogP contribution in [0.2, 0.25) is 0 Å². The van der Waals surface area contributed by atoms with Gasteiger partial charge in [-0.05, 0) is 12.8 Å². The van der Waals surface area contributed by atoms with E-state index in [1.807, 2.05) is 13.8 Å². The van der Waals surface area contributed by atoms with Crippen molar-refractivity contribution in [2.75, 3.05) is 0 Å². The predicted octanol–water partition coefficient (Wildman–Crippen LogP) is -0.421. The molecular weight excluding hydrogens is 286 g/mol. The van der Waals surface area contributed by atoms with Gasteiger partial charge in [0.25, 0.3) is 5.56 Å². The highest BCUT2D eigenvalue weighted by Gasteiger charge is 2.30. The lowest BCUT2D eigenvalue weighted by atomic mass is 9.90. The molecule has 0 bridgehead atoms. The minimum atomic E-state index is -1.01. The molecule has 1 N–H and O–H groups in total. The summed E-state index contributed by atoms with van der Waals surface area (Å²) in [6, 6.07) is 2.07. The molecule has 2 rings (SSSR count). The molecule has 1 atom stereocenters. The third kappa shape index (κ3) is 2.67. The number of nitriles is 1. The van der Waals surface area contributed by atoms with Crippen molar-refractivity contribution in [2.24, 2.45) is 13.0 Å². The largest absolute Gasteiger partial charge is 0.336 e. The SMILES string of the molecule is CC(C)C(C)(C#N)NC(=O)Cn1nnc2c(cnn2C)c1=O. The maximum absolute atomic E-state index is 12.2. The van der Waals surface area contributed by atoms with Gasteiger partial charge in [-0.1, -0.05) is 19.1 Å². The maximum Gasteiger partial charge on any atom is 0.281 e. The van der Waals surface area contributed by atoms with E-state index >= 15 is 0 Å². The van der Waals surface area contributed by atoms with E-state index in [4.69, 9.17) is 0 Å². The van der Waals surface area contributed by atoms with Crippen LogP contribution in [0.5, 0.6) is 0 Å². The van der Waals surface area contributed by atoms with Gasteiger partial charge in [0, 0.05) is 7.05 Å². The van der Waals surface area contributed by atoms with E-state index in [-0.39, 0.29) is 17.8 Å². The molecule has 9 heteroatoms. The normalized spacial score (nSPS) is 13.8. The highest BCUT2D eigenvalue weighted by molar-refractivity contribution is 5.77. The molecule has 2 aromatic heterocycles. The summed E-state index contributed by atoms with van der Waals surface area (Å²) in [6.07, 6.45) is 1.38. The lowest BCUT2D eigenvalue weighted by Crippen LogP contribution is -2.50. The van der Waals surface area contributed by atoms with Crippen LogP contribution in [0, 0.1) is 17.2 Å². The van der Waals surface area contributed by atoms with Gasteiger partial charge in [0.15, 0.2) is 5.65 Å². The van der Waals surface area contributed by atoms with Gasteiger partial charge in [-0.3, -0.25) is 9.59 Å². The molecule has 0 aromatic carbocycles. The molecule has 116 valence electrons. The average Bonchev–Trinajstić information content (AvgIpc) is 2.83. The number of hydrogen-bond donors (Lipinski definition) is 1. The molecule has 2 heterocycles. The van der Waals surface area contributed by atoms with Gasteiger partial charge in [0.1, 0.15) is 17.5 Å². The minimum Gasteiger partial charge on any atom is -0.336 e. The zero-order valence-electron chi connectivity index (χ0n) is 12.9. The monoisotopic (exact) mass is 303 g/mol. The van der Waals surface area contributed by atoms with Crippen molar-refractivity contribution in [3.63, 3.8) is 0 Å². The highest BCUT2D eigenvalue weighted by Crippen LogP contribution is 2.14. The maximum atomic E-state index is 12.2. The Hall–Kier alpha value is -2.76. The molecule has 0 saturated carbocycles. The first kappa shape index (κ1) is 15.6. The lowest BCUT2D eigenvalue weighted by Gasteiger charge is -2.27. The summed E-state index contributed by atoms with van der Waals surface area (Å²) in [5.41, 5.74) is -1.10. The third-order valence-electron chi connectivity index (χ3n) is 3.70. The quantitative estimate of drug-likeness (QED) is 0.819. The summed E-state index contributed by atoms with van der Waals surface area (Å²) in [5, 5.41) is 23.6. The fourth-order valence-electron chi connectivity index (χ4n) is 1.85. The summed E-state index contributed by atoms with van der Waals surface area (Å²) >= 11 is 0. The molecule has 9 nitrogen and oxygen atoms in total. The number of hydrogen-bond acceptors (Lipinski definition) is 6. The summed E-state index contributed by atoms with van der Waals surface area (Å²) in [5.74, 6) is -0.553. The fraction of sp³-hybridized carbons (Fsp3) is 0.538. The number of rotatable bonds is 4. The number of aryl methyl sites for hydroxylation is 1. The second-order valence-electron chi connectivity index (χ2n) is 5.57. The van der Waals surface area contributed by atoms with E-state index in [2.05, 4.69) is 26.8 Å². The van der Waals surface area contributed by atoms with Crippen molar-refractivity contribution in [1.29, 1.82) is 5.26 Å². The first-order chi connectivity index (χ1) is 10.3. The van der Waals surface area contributed by atoms with Crippen LogP contribution in [0.4, 0.5) is 0 Å². The zero-order chi connectivity index (χ0) is 16.5. The van der Waals surface area contributed by atoms with Crippen molar-refractivity contribution >= 4 is 16.9 Å². The molecule has 0 aliphatic heterocycles. The van der Waals surface area contributed by atoms with Gasteiger partial charge in [-0.2, -0.15) is 10.4 Å². The number of carbonyl (C=O) groups is 1. The first-order valence-corrected chi connectivity index (χ1v) is 6.76. The molecule has 1 amide bonds. The van der Waals surface area contributed by atoms with E-state index in [0.717, 1.165) is 4.68 Å². The van der Waals surface area contributed by atoms with Crippen LogP contribution < -0.4 is 10.9 Å². The van der Waals surface area contributed by atoms with Crippen molar-refractivity contribution in [1.82, 2.24) is 30.1 Å². The number of nitrogens with zero attached hydrogens (tertiary/aromatic N) is 6. The molecule has 0 aliphatic rings. The molecule has 0 fully saturated rings. The van der Waals surface area contributed by atoms with Gasteiger partial charge < -0.3 is 5.32 Å². The zero-order valence-corrected chi connectivity index (χ0v) is 12.9. The van der Waals surface area contributed by atoms with Crippen LogP contribution >= 0.6 is 0 Å². The second-order valence-corrected chi connectivity index (χ2v) is 5.57. The number of aromatic nitrogens is 5. The van der Waals surface area contributed by atoms with E-state index in [9.17, 15) is 14.9 Å². The molecule has 2 aromatic rings. The Morgan fingerprint density at radius 3 is 2.82 bits per heavy atom. The van der Waals surface area contributed by atoms with Gasteiger partial charge >= 0.3 is 0 Å². The summed E-state index contributed by atoms with van der Waals surface area (Å²) < 4.78 is 2.39. The number of nitrogens with one attached hydrogen (secondary N) is 1. The second kappa shape index (κ2) is 5.55. The Morgan fingerprint density at radius 2 is 2.23 bits per heavy atom. The van der Waals surface area contributed by atoms with E-state index < -0.39 is 17.0 Å². The van der Waals surface area contributed by atoms with Crippen molar-refractivity contribution in [3.05, 3.63) is 16.6 Å². The molecule has 0 radical (unpaired) electrons. The van der Waals surface area contributed by atoms with Gasteiger partial charge in [-0.25, -0.2) is 9.36 Å².